The highest BCUT2D eigenvalue weighted by Gasteiger charge is 2.03. The number of hydrogen-bond donors (Lipinski definition) is 0. The first kappa shape index (κ1) is 8.47. The number of benzene rings is 1. The predicted molar refractivity (Wildman–Crippen MR) is 48.6 cm³/mol. The summed E-state index contributed by atoms with van der Waals surface area (Å²) in [5.41, 5.74) is 0.835. The van der Waals surface area contributed by atoms with Crippen LogP contribution >= 0.6 is 22.6 Å². The van der Waals surface area contributed by atoms with E-state index in [4.69, 9.17) is 5.26 Å². The van der Waals surface area contributed by atoms with Crippen LogP contribution in [0.5, 0.6) is 0 Å². The Morgan fingerprint density at radius 1 is 1.55 bits per heavy atom. The molecule has 0 bridgehead atoms. The zero-order valence-corrected chi connectivity index (χ0v) is 8.02. The van der Waals surface area contributed by atoms with Gasteiger partial charge in [-0.15, -0.1) is 0 Å². The predicted octanol–water partition coefficient (Wildman–Crippen LogP) is 2.61. The zero-order valence-electron chi connectivity index (χ0n) is 5.86. The van der Waals surface area contributed by atoms with Crippen LogP contribution in [0.25, 0.3) is 0 Å². The average molecular weight is 261 g/mol. The van der Waals surface area contributed by atoms with Crippen LogP contribution in [0.2, 0.25) is 0 Å². The van der Waals surface area contributed by atoms with Crippen LogP contribution in [0, 0.1) is 27.6 Å². The third-order valence-corrected chi connectivity index (χ3v) is 2.05. The van der Waals surface area contributed by atoms with Gasteiger partial charge in [-0.2, -0.15) is 5.26 Å². The highest BCUT2D eigenvalue weighted by Crippen LogP contribution is 2.15. The Morgan fingerprint density at radius 3 is 2.73 bits per heavy atom. The van der Waals surface area contributed by atoms with Crippen LogP contribution in [0.15, 0.2) is 12.1 Å². The minimum absolute atomic E-state index is 0.312. The van der Waals surface area contributed by atoms with E-state index >= 15 is 0 Å². The minimum Gasteiger partial charge on any atom is -0.207 e. The van der Waals surface area contributed by atoms with E-state index in [0.717, 1.165) is 3.57 Å². The normalized spacial score (nSPS) is 9.27. The maximum atomic E-state index is 12.9. The van der Waals surface area contributed by atoms with Crippen LogP contribution in [0.3, 0.4) is 0 Å². The quantitative estimate of drug-likeness (QED) is 0.658. The molecule has 0 heterocycles. The molecule has 0 N–H and O–H groups in total. The van der Waals surface area contributed by atoms with Crippen molar-refractivity contribution < 1.29 is 4.39 Å². The molecular weight excluding hydrogens is 256 g/mol. The van der Waals surface area contributed by atoms with Crippen molar-refractivity contribution in [3.63, 3.8) is 0 Å². The van der Waals surface area contributed by atoms with Gasteiger partial charge in [0.1, 0.15) is 5.82 Å². The number of nitriles is 1. The Balaban J connectivity index is 3.39. The van der Waals surface area contributed by atoms with Crippen LogP contribution in [-0.2, 0) is 0 Å². The van der Waals surface area contributed by atoms with E-state index in [-0.39, 0.29) is 5.82 Å². The molecule has 0 atom stereocenters. The van der Waals surface area contributed by atoms with Crippen molar-refractivity contribution in [3.8, 4) is 6.07 Å². The Kier molecular flexibility index (Phi) is 2.45. The summed E-state index contributed by atoms with van der Waals surface area (Å²) in [6.45, 7) is 1.60. The lowest BCUT2D eigenvalue weighted by molar-refractivity contribution is 0.617. The van der Waals surface area contributed by atoms with Gasteiger partial charge in [-0.3, -0.25) is 0 Å². The molecule has 0 aliphatic rings. The number of hydrogen-bond acceptors (Lipinski definition) is 1. The second kappa shape index (κ2) is 3.18. The van der Waals surface area contributed by atoms with Crippen molar-refractivity contribution in [1.82, 2.24) is 0 Å². The molecule has 1 rings (SSSR count). The summed E-state index contributed by atoms with van der Waals surface area (Å²) >= 11 is 1.98. The Bertz CT molecular complexity index is 328. The highest BCUT2D eigenvalue weighted by atomic mass is 127. The first-order chi connectivity index (χ1) is 5.15. The number of nitrogens with zero attached hydrogens (tertiary/aromatic N) is 1. The first-order valence-corrected chi connectivity index (χ1v) is 4.09. The number of halogens is 2. The molecule has 0 radical (unpaired) electrons. The Labute approximate surface area is 78.0 Å². The van der Waals surface area contributed by atoms with Crippen LogP contribution in [-0.4, -0.2) is 0 Å². The van der Waals surface area contributed by atoms with Gasteiger partial charge in [0.05, 0.1) is 11.6 Å². The SMILES string of the molecule is Cc1c(F)cc(I)cc1C#N. The molecule has 0 saturated heterocycles. The van der Waals surface area contributed by atoms with Gasteiger partial charge in [-0.1, -0.05) is 0 Å². The molecule has 0 spiro atoms. The van der Waals surface area contributed by atoms with Crippen LogP contribution < -0.4 is 0 Å². The average Bonchev–Trinajstić information content (AvgIpc) is 1.96. The van der Waals surface area contributed by atoms with E-state index in [9.17, 15) is 4.39 Å². The second-order valence-corrected chi connectivity index (χ2v) is 3.42. The minimum atomic E-state index is -0.312. The molecule has 0 saturated carbocycles. The molecule has 0 aliphatic heterocycles. The van der Waals surface area contributed by atoms with E-state index in [1.54, 1.807) is 13.0 Å². The van der Waals surface area contributed by atoms with Crippen molar-refractivity contribution in [2.75, 3.05) is 0 Å². The summed E-state index contributed by atoms with van der Waals surface area (Å²) in [5, 5.41) is 8.55. The van der Waals surface area contributed by atoms with E-state index in [2.05, 4.69) is 0 Å². The molecule has 1 aromatic carbocycles. The lowest BCUT2D eigenvalue weighted by Gasteiger charge is -1.98. The fourth-order valence-corrected chi connectivity index (χ4v) is 1.35. The highest BCUT2D eigenvalue weighted by molar-refractivity contribution is 14.1. The largest absolute Gasteiger partial charge is 0.207 e. The smallest absolute Gasteiger partial charge is 0.128 e. The molecule has 0 aliphatic carbocycles. The van der Waals surface area contributed by atoms with E-state index in [0.29, 0.717) is 11.1 Å². The molecule has 56 valence electrons. The monoisotopic (exact) mass is 261 g/mol. The van der Waals surface area contributed by atoms with Gasteiger partial charge in [-0.05, 0) is 41.6 Å². The van der Waals surface area contributed by atoms with Gasteiger partial charge in [0.15, 0.2) is 0 Å². The Hall–Kier alpha value is -0.630. The van der Waals surface area contributed by atoms with E-state index in [1.165, 1.54) is 6.07 Å². The van der Waals surface area contributed by atoms with Gasteiger partial charge in [0.25, 0.3) is 0 Å². The first-order valence-electron chi connectivity index (χ1n) is 3.01. The van der Waals surface area contributed by atoms with Gasteiger partial charge < -0.3 is 0 Å². The number of rotatable bonds is 0. The third kappa shape index (κ3) is 1.69. The molecule has 1 nitrogen and oxygen atoms in total. The molecule has 0 aromatic heterocycles. The van der Waals surface area contributed by atoms with Gasteiger partial charge in [-0.25, -0.2) is 4.39 Å². The molecule has 0 amide bonds. The fourth-order valence-electron chi connectivity index (χ4n) is 0.762. The molecular formula is C8H5FIN. The second-order valence-electron chi connectivity index (χ2n) is 2.17. The topological polar surface area (TPSA) is 23.8 Å². The van der Waals surface area contributed by atoms with Gasteiger partial charge in [0, 0.05) is 9.13 Å². The molecule has 3 heteroatoms. The molecule has 1 aromatic rings. The van der Waals surface area contributed by atoms with Gasteiger partial charge in [0.2, 0.25) is 0 Å². The van der Waals surface area contributed by atoms with Crippen molar-refractivity contribution in [2.45, 2.75) is 6.92 Å². The zero-order chi connectivity index (χ0) is 8.43. The van der Waals surface area contributed by atoms with Crippen LogP contribution in [0.4, 0.5) is 4.39 Å². The lowest BCUT2D eigenvalue weighted by atomic mass is 10.1. The maximum Gasteiger partial charge on any atom is 0.128 e. The molecule has 0 unspecified atom stereocenters. The molecule has 0 fully saturated rings. The van der Waals surface area contributed by atoms with Crippen molar-refractivity contribution in [3.05, 3.63) is 32.6 Å². The van der Waals surface area contributed by atoms with Crippen molar-refractivity contribution >= 4 is 22.6 Å². The third-order valence-electron chi connectivity index (χ3n) is 1.43. The summed E-state index contributed by atoms with van der Waals surface area (Å²) in [6, 6.07) is 5.01. The van der Waals surface area contributed by atoms with Crippen molar-refractivity contribution in [2.24, 2.45) is 0 Å². The van der Waals surface area contributed by atoms with E-state index in [1.807, 2.05) is 28.7 Å². The summed E-state index contributed by atoms with van der Waals surface area (Å²) in [6.07, 6.45) is 0. The van der Waals surface area contributed by atoms with E-state index < -0.39 is 0 Å². The Morgan fingerprint density at radius 2 is 2.18 bits per heavy atom. The lowest BCUT2D eigenvalue weighted by Crippen LogP contribution is -1.89. The summed E-state index contributed by atoms with van der Waals surface area (Å²) in [7, 11) is 0. The summed E-state index contributed by atoms with van der Waals surface area (Å²) in [4.78, 5) is 0. The summed E-state index contributed by atoms with van der Waals surface area (Å²) < 4.78 is 13.6. The maximum absolute atomic E-state index is 12.9. The standard InChI is InChI=1S/C8H5FIN/c1-5-6(4-11)2-7(10)3-8(5)9/h2-3H,1H3. The fraction of sp³-hybridized carbons (Fsp3) is 0.125. The summed E-state index contributed by atoms with van der Waals surface area (Å²) in [5.74, 6) is -0.312. The molecule has 11 heavy (non-hydrogen) atoms. The van der Waals surface area contributed by atoms with Gasteiger partial charge >= 0.3 is 0 Å². The van der Waals surface area contributed by atoms with Crippen molar-refractivity contribution in [1.29, 1.82) is 5.26 Å². The van der Waals surface area contributed by atoms with Crippen LogP contribution in [0.1, 0.15) is 11.1 Å².